The lowest BCUT2D eigenvalue weighted by Crippen LogP contribution is -2.44. The van der Waals surface area contributed by atoms with E-state index in [2.05, 4.69) is 5.32 Å². The highest BCUT2D eigenvalue weighted by molar-refractivity contribution is 6.10. The molecule has 0 unspecified atom stereocenters. The number of nitrogens with one attached hydrogen (secondary N) is 1. The first-order valence-corrected chi connectivity index (χ1v) is 6.92. The topological polar surface area (TPSA) is 75.7 Å². The van der Waals surface area contributed by atoms with Gasteiger partial charge in [0.25, 0.3) is 5.91 Å². The van der Waals surface area contributed by atoms with Crippen molar-refractivity contribution in [1.82, 2.24) is 0 Å². The van der Waals surface area contributed by atoms with Crippen LogP contribution in [-0.4, -0.2) is 30.9 Å². The Morgan fingerprint density at radius 1 is 1.38 bits per heavy atom. The number of carbonyl (C=O) groups excluding carboxylic acids is 3. The number of hydrogen-bond donors (Lipinski definition) is 1. The Bertz CT molecular complexity index is 613. The van der Waals surface area contributed by atoms with Crippen LogP contribution in [0.3, 0.4) is 0 Å². The number of para-hydroxylation sites is 2. The summed E-state index contributed by atoms with van der Waals surface area (Å²) in [4.78, 5) is 36.8. The first-order chi connectivity index (χ1) is 10.1. The van der Waals surface area contributed by atoms with Crippen molar-refractivity contribution in [3.05, 3.63) is 24.3 Å². The van der Waals surface area contributed by atoms with E-state index in [1.807, 2.05) is 6.92 Å². The number of benzene rings is 1. The molecule has 1 aromatic carbocycles. The van der Waals surface area contributed by atoms with E-state index in [4.69, 9.17) is 4.74 Å². The molecule has 0 saturated heterocycles. The van der Waals surface area contributed by atoms with Gasteiger partial charge in [-0.1, -0.05) is 19.1 Å². The van der Waals surface area contributed by atoms with Gasteiger partial charge >= 0.3 is 5.97 Å². The van der Waals surface area contributed by atoms with Crippen molar-refractivity contribution >= 4 is 29.2 Å². The summed E-state index contributed by atoms with van der Waals surface area (Å²) in [6, 6.07) is 7.04. The predicted molar refractivity (Wildman–Crippen MR) is 75.7 cm³/mol. The van der Waals surface area contributed by atoms with Gasteiger partial charge in [0, 0.05) is 0 Å². The second-order valence-corrected chi connectivity index (χ2v) is 5.47. The molecule has 2 aliphatic rings. The summed E-state index contributed by atoms with van der Waals surface area (Å²) in [5, 5.41) is 2.70. The number of carbonyl (C=O) groups is 3. The fourth-order valence-electron chi connectivity index (χ4n) is 2.42. The van der Waals surface area contributed by atoms with Crippen molar-refractivity contribution < 1.29 is 19.1 Å². The lowest BCUT2D eigenvalue weighted by atomic mass is 10.2. The second-order valence-electron chi connectivity index (χ2n) is 5.47. The van der Waals surface area contributed by atoms with Crippen molar-refractivity contribution in [1.29, 1.82) is 0 Å². The Balaban J connectivity index is 1.67. The highest BCUT2D eigenvalue weighted by Crippen LogP contribution is 2.38. The maximum atomic E-state index is 12.2. The maximum absolute atomic E-state index is 12.2. The van der Waals surface area contributed by atoms with Crippen molar-refractivity contribution in [2.45, 2.75) is 13.3 Å². The van der Waals surface area contributed by atoms with Crippen molar-refractivity contribution in [2.75, 3.05) is 23.4 Å². The molecule has 6 nitrogen and oxygen atoms in total. The molecule has 1 aliphatic heterocycles. The van der Waals surface area contributed by atoms with Gasteiger partial charge in [-0.3, -0.25) is 19.3 Å². The van der Waals surface area contributed by atoms with Crippen LogP contribution >= 0.6 is 0 Å². The molecule has 1 saturated carbocycles. The van der Waals surface area contributed by atoms with Crippen molar-refractivity contribution in [2.24, 2.45) is 11.8 Å². The number of rotatable bonds is 3. The zero-order valence-electron chi connectivity index (χ0n) is 11.7. The summed E-state index contributed by atoms with van der Waals surface area (Å²) >= 11 is 0. The molecule has 2 amide bonds. The SMILES string of the molecule is C[C@@H]1C[C@H]1C(=O)OCC(=O)N1CC(=O)Nc2ccccc21. The summed E-state index contributed by atoms with van der Waals surface area (Å²) in [7, 11) is 0. The van der Waals surface area contributed by atoms with E-state index in [1.54, 1.807) is 24.3 Å². The van der Waals surface area contributed by atoms with Gasteiger partial charge in [-0.15, -0.1) is 0 Å². The highest BCUT2D eigenvalue weighted by Gasteiger charge is 2.41. The van der Waals surface area contributed by atoms with Crippen LogP contribution < -0.4 is 10.2 Å². The summed E-state index contributed by atoms with van der Waals surface area (Å²) in [6.07, 6.45) is 0.821. The van der Waals surface area contributed by atoms with Crippen LogP contribution in [0.4, 0.5) is 11.4 Å². The largest absolute Gasteiger partial charge is 0.455 e. The average molecular weight is 288 g/mol. The van der Waals surface area contributed by atoms with E-state index in [9.17, 15) is 14.4 Å². The molecular weight excluding hydrogens is 272 g/mol. The smallest absolute Gasteiger partial charge is 0.309 e. The van der Waals surface area contributed by atoms with E-state index >= 15 is 0 Å². The minimum absolute atomic E-state index is 0.0623. The molecule has 0 radical (unpaired) electrons. The Morgan fingerprint density at radius 2 is 2.10 bits per heavy atom. The Hall–Kier alpha value is -2.37. The molecule has 1 N–H and O–H groups in total. The number of hydrogen-bond acceptors (Lipinski definition) is 4. The summed E-state index contributed by atoms with van der Waals surface area (Å²) < 4.78 is 5.04. The first-order valence-electron chi connectivity index (χ1n) is 6.92. The minimum Gasteiger partial charge on any atom is -0.455 e. The zero-order valence-corrected chi connectivity index (χ0v) is 11.7. The van der Waals surface area contributed by atoms with Gasteiger partial charge in [-0.2, -0.15) is 0 Å². The molecule has 1 fully saturated rings. The highest BCUT2D eigenvalue weighted by atomic mass is 16.5. The second kappa shape index (κ2) is 5.20. The lowest BCUT2D eigenvalue weighted by Gasteiger charge is -2.28. The molecule has 2 atom stereocenters. The average Bonchev–Trinajstić information content (AvgIpc) is 3.20. The number of fused-ring (bicyclic) bond motifs is 1. The summed E-state index contributed by atoms with van der Waals surface area (Å²) in [5.41, 5.74) is 1.21. The molecule has 21 heavy (non-hydrogen) atoms. The quantitative estimate of drug-likeness (QED) is 0.847. The van der Waals surface area contributed by atoms with Gasteiger partial charge in [0.1, 0.15) is 6.54 Å². The minimum atomic E-state index is -0.390. The fourth-order valence-corrected chi connectivity index (χ4v) is 2.42. The molecule has 1 aliphatic carbocycles. The third-order valence-electron chi connectivity index (χ3n) is 3.82. The fraction of sp³-hybridized carbons (Fsp3) is 0.400. The monoisotopic (exact) mass is 288 g/mol. The number of nitrogens with zero attached hydrogens (tertiary/aromatic N) is 1. The molecule has 0 bridgehead atoms. The molecule has 0 aromatic heterocycles. The number of anilines is 2. The molecule has 110 valence electrons. The maximum Gasteiger partial charge on any atom is 0.309 e. The predicted octanol–water partition coefficient (Wildman–Crippen LogP) is 1.17. The van der Waals surface area contributed by atoms with E-state index in [0.717, 1.165) is 6.42 Å². The van der Waals surface area contributed by atoms with Gasteiger partial charge in [0.15, 0.2) is 6.61 Å². The molecule has 1 heterocycles. The van der Waals surface area contributed by atoms with Crippen LogP contribution in [-0.2, 0) is 19.1 Å². The zero-order chi connectivity index (χ0) is 15.0. The van der Waals surface area contributed by atoms with Gasteiger partial charge in [-0.25, -0.2) is 0 Å². The van der Waals surface area contributed by atoms with Crippen LogP contribution in [0.5, 0.6) is 0 Å². The van der Waals surface area contributed by atoms with Crippen LogP contribution in [0.2, 0.25) is 0 Å². The van der Waals surface area contributed by atoms with Gasteiger partial charge in [0.05, 0.1) is 17.3 Å². The first kappa shape index (κ1) is 13.6. The number of esters is 1. The molecule has 3 rings (SSSR count). The molecule has 0 spiro atoms. The van der Waals surface area contributed by atoms with E-state index < -0.39 is 0 Å². The Morgan fingerprint density at radius 3 is 2.81 bits per heavy atom. The number of ether oxygens (including phenoxy) is 1. The Labute approximate surface area is 122 Å². The van der Waals surface area contributed by atoms with Crippen LogP contribution in [0.15, 0.2) is 24.3 Å². The normalized spacial score (nSPS) is 23.1. The lowest BCUT2D eigenvalue weighted by molar-refractivity contribution is -0.149. The van der Waals surface area contributed by atoms with Gasteiger partial charge in [0.2, 0.25) is 5.91 Å². The van der Waals surface area contributed by atoms with E-state index in [-0.39, 0.29) is 36.9 Å². The van der Waals surface area contributed by atoms with Crippen molar-refractivity contribution in [3.63, 3.8) is 0 Å². The van der Waals surface area contributed by atoms with E-state index in [0.29, 0.717) is 17.3 Å². The third kappa shape index (κ3) is 2.74. The van der Waals surface area contributed by atoms with Crippen molar-refractivity contribution in [3.8, 4) is 0 Å². The van der Waals surface area contributed by atoms with Gasteiger partial charge < -0.3 is 10.1 Å². The molecule has 1 aromatic rings. The summed E-state index contributed by atoms with van der Waals surface area (Å²) in [6.45, 7) is 1.58. The van der Waals surface area contributed by atoms with Crippen LogP contribution in [0, 0.1) is 11.8 Å². The molecular formula is C15H16N2O4. The van der Waals surface area contributed by atoms with Gasteiger partial charge in [-0.05, 0) is 24.5 Å². The Kier molecular flexibility index (Phi) is 3.37. The number of amides is 2. The third-order valence-corrected chi connectivity index (χ3v) is 3.82. The molecule has 6 heteroatoms. The van der Waals surface area contributed by atoms with Crippen LogP contribution in [0.1, 0.15) is 13.3 Å². The van der Waals surface area contributed by atoms with Crippen LogP contribution in [0.25, 0.3) is 0 Å². The van der Waals surface area contributed by atoms with E-state index in [1.165, 1.54) is 4.90 Å². The summed E-state index contributed by atoms with van der Waals surface area (Å²) in [5.74, 6) is -0.711. The standard InChI is InChI=1S/C15H16N2O4/c1-9-6-10(9)15(20)21-8-14(19)17-7-13(18)16-11-4-2-3-5-12(11)17/h2-5,9-10H,6-8H2,1H3,(H,16,18)/t9-,10-/m1/s1.